The molecule has 8 heteroatoms. The topological polar surface area (TPSA) is 93.8 Å². The Morgan fingerprint density at radius 3 is 2.66 bits per heavy atom. The van der Waals surface area contributed by atoms with Crippen molar-refractivity contribution >= 4 is 11.5 Å². The molecule has 35 heavy (non-hydrogen) atoms. The molecule has 0 bridgehead atoms. The molecule has 2 fully saturated rings. The monoisotopic (exact) mass is 479 g/mol. The summed E-state index contributed by atoms with van der Waals surface area (Å²) >= 11 is 0. The van der Waals surface area contributed by atoms with Crippen molar-refractivity contribution in [3.8, 4) is 17.0 Å². The minimum absolute atomic E-state index is 0.0976. The molecule has 2 saturated carbocycles. The van der Waals surface area contributed by atoms with Crippen LogP contribution in [0.3, 0.4) is 0 Å². The Bertz CT molecular complexity index is 1120. The Balaban J connectivity index is 1.49. The van der Waals surface area contributed by atoms with Gasteiger partial charge in [0, 0.05) is 42.6 Å². The van der Waals surface area contributed by atoms with Gasteiger partial charge < -0.3 is 19.9 Å². The van der Waals surface area contributed by atoms with Gasteiger partial charge in [0.1, 0.15) is 6.10 Å². The molecule has 3 aromatic heterocycles. The van der Waals surface area contributed by atoms with Gasteiger partial charge in [-0.2, -0.15) is 0 Å². The van der Waals surface area contributed by atoms with Gasteiger partial charge in [-0.3, -0.25) is 0 Å². The maximum atomic E-state index is 10.1. The van der Waals surface area contributed by atoms with Crippen molar-refractivity contribution in [3.63, 3.8) is 0 Å². The number of anilines is 1. The van der Waals surface area contributed by atoms with Crippen molar-refractivity contribution in [2.45, 2.75) is 88.9 Å². The number of rotatable bonds is 8. The molecule has 188 valence electrons. The van der Waals surface area contributed by atoms with Gasteiger partial charge in [-0.05, 0) is 76.0 Å². The SMILES string of the molecule is COC[C@H](C)Nc1ncc2c(-c3ccnc(OC4CCCCC4)c3)cc(C3CCC(O)CC3)n2n1. The third-order valence-electron chi connectivity index (χ3n) is 7.34. The second kappa shape index (κ2) is 10.9. The number of pyridine rings is 1. The lowest BCUT2D eigenvalue weighted by Gasteiger charge is -2.25. The van der Waals surface area contributed by atoms with E-state index < -0.39 is 0 Å². The number of aliphatic hydroxyl groups excluding tert-OH is 1. The zero-order valence-electron chi connectivity index (χ0n) is 20.8. The van der Waals surface area contributed by atoms with Crippen LogP contribution < -0.4 is 10.1 Å². The number of aromatic nitrogens is 4. The molecule has 0 saturated heterocycles. The molecule has 5 rings (SSSR count). The van der Waals surface area contributed by atoms with E-state index in [9.17, 15) is 5.11 Å². The molecule has 0 amide bonds. The lowest BCUT2D eigenvalue weighted by molar-refractivity contribution is 0.121. The highest BCUT2D eigenvalue weighted by Gasteiger charge is 2.26. The molecule has 2 N–H and O–H groups in total. The van der Waals surface area contributed by atoms with E-state index in [0.717, 1.165) is 55.2 Å². The summed E-state index contributed by atoms with van der Waals surface area (Å²) in [5, 5.41) is 18.3. The Labute approximate surface area is 207 Å². The number of hydrogen-bond acceptors (Lipinski definition) is 7. The van der Waals surface area contributed by atoms with Crippen molar-refractivity contribution in [2.75, 3.05) is 19.0 Å². The molecule has 2 aliphatic carbocycles. The first-order chi connectivity index (χ1) is 17.1. The lowest BCUT2D eigenvalue weighted by atomic mass is 9.85. The third-order valence-corrected chi connectivity index (χ3v) is 7.34. The molecule has 1 atom stereocenters. The normalized spacial score (nSPS) is 22.3. The van der Waals surface area contributed by atoms with Crippen molar-refractivity contribution in [1.82, 2.24) is 19.6 Å². The second-order valence-corrected chi connectivity index (χ2v) is 10.1. The average molecular weight is 480 g/mol. The van der Waals surface area contributed by atoms with Crippen LogP contribution >= 0.6 is 0 Å². The van der Waals surface area contributed by atoms with Crippen LogP contribution in [0, 0.1) is 0 Å². The van der Waals surface area contributed by atoms with Crippen LogP contribution in [0.2, 0.25) is 0 Å². The summed E-state index contributed by atoms with van der Waals surface area (Å²) < 4.78 is 13.5. The number of nitrogens with one attached hydrogen (secondary N) is 1. The number of hydrogen-bond donors (Lipinski definition) is 2. The second-order valence-electron chi connectivity index (χ2n) is 10.1. The van der Waals surface area contributed by atoms with Crippen molar-refractivity contribution in [1.29, 1.82) is 0 Å². The highest BCUT2D eigenvalue weighted by molar-refractivity contribution is 5.81. The molecular formula is C27H37N5O3. The van der Waals surface area contributed by atoms with Gasteiger partial charge in [-0.25, -0.2) is 14.5 Å². The molecule has 0 spiro atoms. The molecule has 0 radical (unpaired) electrons. The van der Waals surface area contributed by atoms with Gasteiger partial charge in [-0.1, -0.05) is 6.42 Å². The maximum absolute atomic E-state index is 10.1. The Hall–Kier alpha value is -2.71. The molecule has 0 aliphatic heterocycles. The minimum atomic E-state index is -0.196. The number of methoxy groups -OCH3 is 1. The summed E-state index contributed by atoms with van der Waals surface area (Å²) in [6.45, 7) is 2.62. The van der Waals surface area contributed by atoms with Crippen LogP contribution in [-0.4, -0.2) is 56.7 Å². The van der Waals surface area contributed by atoms with Gasteiger partial charge in [0.15, 0.2) is 0 Å². The lowest BCUT2D eigenvalue weighted by Crippen LogP contribution is -2.23. The van der Waals surface area contributed by atoms with Gasteiger partial charge in [0.2, 0.25) is 11.8 Å². The van der Waals surface area contributed by atoms with E-state index in [2.05, 4.69) is 21.4 Å². The first kappa shape index (κ1) is 24.0. The summed E-state index contributed by atoms with van der Waals surface area (Å²) in [7, 11) is 1.69. The van der Waals surface area contributed by atoms with Gasteiger partial charge in [0.25, 0.3) is 0 Å². The van der Waals surface area contributed by atoms with Gasteiger partial charge in [0.05, 0.1) is 24.4 Å². The summed E-state index contributed by atoms with van der Waals surface area (Å²) in [6, 6.07) is 6.42. The number of nitrogens with zero attached hydrogens (tertiary/aromatic N) is 4. The van der Waals surface area contributed by atoms with Gasteiger partial charge >= 0.3 is 0 Å². The smallest absolute Gasteiger partial charge is 0.241 e. The predicted molar refractivity (Wildman–Crippen MR) is 136 cm³/mol. The Morgan fingerprint density at radius 1 is 1.09 bits per heavy atom. The van der Waals surface area contributed by atoms with Crippen molar-refractivity contribution in [3.05, 3.63) is 36.3 Å². The third kappa shape index (κ3) is 5.59. The van der Waals surface area contributed by atoms with Crippen molar-refractivity contribution < 1.29 is 14.6 Å². The highest BCUT2D eigenvalue weighted by Crippen LogP contribution is 2.38. The Kier molecular flexibility index (Phi) is 7.48. The summed E-state index contributed by atoms with van der Waals surface area (Å²) in [6.07, 6.45) is 13.3. The number of aliphatic hydroxyl groups is 1. The standard InChI is InChI=1S/C27H37N5O3/c1-18(17-34-2)30-27-29-16-25-23(15-24(32(25)31-27)19-8-10-21(33)11-9-19)20-12-13-28-26(14-20)35-22-6-4-3-5-7-22/h12-16,18-19,21-22,33H,3-11,17H2,1-2H3,(H,30,31)/t18-,19?,21?/m0/s1. The Morgan fingerprint density at radius 2 is 1.89 bits per heavy atom. The maximum Gasteiger partial charge on any atom is 0.241 e. The average Bonchev–Trinajstić information content (AvgIpc) is 3.24. The zero-order chi connectivity index (χ0) is 24.2. The summed E-state index contributed by atoms with van der Waals surface area (Å²) in [5.41, 5.74) is 4.27. The number of ether oxygens (including phenoxy) is 2. The fraction of sp³-hybridized carbons (Fsp3) is 0.593. The van der Waals surface area contributed by atoms with E-state index in [1.54, 1.807) is 7.11 Å². The zero-order valence-corrected chi connectivity index (χ0v) is 20.8. The van der Waals surface area contributed by atoms with E-state index in [-0.39, 0.29) is 18.2 Å². The number of fused-ring (bicyclic) bond motifs is 1. The summed E-state index contributed by atoms with van der Waals surface area (Å²) in [5.74, 6) is 1.61. The van der Waals surface area contributed by atoms with Crippen LogP contribution in [0.15, 0.2) is 30.6 Å². The highest BCUT2D eigenvalue weighted by atomic mass is 16.5. The molecule has 8 nitrogen and oxygen atoms in total. The van der Waals surface area contributed by atoms with Crippen LogP contribution in [0.25, 0.3) is 16.6 Å². The minimum Gasteiger partial charge on any atom is -0.474 e. The molecule has 0 unspecified atom stereocenters. The fourth-order valence-electron chi connectivity index (χ4n) is 5.48. The molecular weight excluding hydrogens is 442 g/mol. The largest absolute Gasteiger partial charge is 0.474 e. The molecule has 0 aromatic carbocycles. The van der Waals surface area contributed by atoms with Crippen molar-refractivity contribution in [2.24, 2.45) is 0 Å². The van der Waals surface area contributed by atoms with Crippen LogP contribution in [0.1, 0.15) is 76.3 Å². The van der Waals surface area contributed by atoms with Gasteiger partial charge in [-0.15, -0.1) is 5.10 Å². The van der Waals surface area contributed by atoms with E-state index in [0.29, 0.717) is 24.4 Å². The first-order valence-electron chi connectivity index (χ1n) is 13.1. The van der Waals surface area contributed by atoms with E-state index in [1.165, 1.54) is 25.0 Å². The quantitative estimate of drug-likeness (QED) is 0.471. The van der Waals surface area contributed by atoms with E-state index in [1.807, 2.05) is 36.0 Å². The van der Waals surface area contributed by atoms with E-state index in [4.69, 9.17) is 14.6 Å². The van der Waals surface area contributed by atoms with E-state index >= 15 is 0 Å². The first-order valence-corrected chi connectivity index (χ1v) is 13.1. The van der Waals surface area contributed by atoms with Crippen LogP contribution in [0.5, 0.6) is 5.88 Å². The summed E-state index contributed by atoms with van der Waals surface area (Å²) in [4.78, 5) is 9.11. The van der Waals surface area contributed by atoms with Crippen LogP contribution in [-0.2, 0) is 4.74 Å². The molecule has 3 heterocycles. The van der Waals surface area contributed by atoms with Crippen LogP contribution in [0.4, 0.5) is 5.95 Å². The molecule has 2 aliphatic rings. The predicted octanol–water partition coefficient (Wildman–Crippen LogP) is 4.97. The molecule has 3 aromatic rings. The fourth-order valence-corrected chi connectivity index (χ4v) is 5.48.